The molecule has 112 valence electrons. The first-order valence-electron chi connectivity index (χ1n) is 7.56. The predicted molar refractivity (Wildman–Crippen MR) is 87.5 cm³/mol. The highest BCUT2D eigenvalue weighted by Crippen LogP contribution is 2.41. The van der Waals surface area contributed by atoms with E-state index in [1.807, 2.05) is 12.1 Å². The molecule has 2 saturated heterocycles. The van der Waals surface area contributed by atoms with E-state index in [0.717, 1.165) is 17.9 Å². The van der Waals surface area contributed by atoms with Crippen molar-refractivity contribution in [2.45, 2.75) is 43.3 Å². The molecule has 2 atom stereocenters. The molecule has 0 saturated carbocycles. The van der Waals surface area contributed by atoms with Gasteiger partial charge in [0.2, 0.25) is 0 Å². The normalized spacial score (nSPS) is 35.1. The van der Waals surface area contributed by atoms with Gasteiger partial charge in [-0.25, -0.2) is 0 Å². The topological polar surface area (TPSA) is 27.6 Å². The number of hydrogen-bond donors (Lipinski definition) is 1. The van der Waals surface area contributed by atoms with Crippen molar-refractivity contribution >= 4 is 29.0 Å². The predicted octanol–water partition coefficient (Wildman–Crippen LogP) is 3.34. The van der Waals surface area contributed by atoms with Gasteiger partial charge < -0.3 is 10.2 Å². The largest absolute Gasteiger partial charge is 0.362 e. The van der Waals surface area contributed by atoms with Gasteiger partial charge in [0.1, 0.15) is 5.84 Å². The fraction of sp³-hybridized carbons (Fsp3) is 0.562. The maximum absolute atomic E-state index is 6.11. The SMILES string of the molecule is CN1C2CCC1CC1(CN=C(c3cc(Cl)cc(Cl)c3)N1)C2. The third-order valence-corrected chi connectivity index (χ3v) is 5.73. The fourth-order valence-electron chi connectivity index (χ4n) is 4.21. The molecule has 2 unspecified atom stereocenters. The average Bonchev–Trinajstić information content (AvgIpc) is 2.89. The van der Waals surface area contributed by atoms with Crippen molar-refractivity contribution < 1.29 is 0 Å². The second-order valence-electron chi connectivity index (χ2n) is 6.69. The van der Waals surface area contributed by atoms with Crippen LogP contribution in [0.3, 0.4) is 0 Å². The number of nitrogens with zero attached hydrogens (tertiary/aromatic N) is 2. The third-order valence-electron chi connectivity index (χ3n) is 5.30. The quantitative estimate of drug-likeness (QED) is 0.858. The van der Waals surface area contributed by atoms with Crippen molar-refractivity contribution in [3.63, 3.8) is 0 Å². The van der Waals surface area contributed by atoms with E-state index in [1.165, 1.54) is 25.7 Å². The van der Waals surface area contributed by atoms with Crippen LogP contribution in [0.25, 0.3) is 0 Å². The van der Waals surface area contributed by atoms with Gasteiger partial charge in [-0.1, -0.05) is 23.2 Å². The minimum absolute atomic E-state index is 0.141. The Kier molecular flexibility index (Phi) is 3.21. The minimum atomic E-state index is 0.141. The summed E-state index contributed by atoms with van der Waals surface area (Å²) in [6.07, 6.45) is 5.01. The zero-order valence-electron chi connectivity index (χ0n) is 12.1. The molecule has 21 heavy (non-hydrogen) atoms. The van der Waals surface area contributed by atoms with Gasteiger partial charge in [0.25, 0.3) is 0 Å². The standard InChI is InChI=1S/C16H19Cl2N3/c1-21-13-2-3-14(21)8-16(7-13)9-19-15(20-16)10-4-11(17)6-12(18)5-10/h4-6,13-14H,2-3,7-9H2,1H3,(H,19,20). The summed E-state index contributed by atoms with van der Waals surface area (Å²) >= 11 is 12.2. The average molecular weight is 324 g/mol. The molecule has 3 aliphatic rings. The Morgan fingerprint density at radius 3 is 2.38 bits per heavy atom. The molecule has 1 N–H and O–H groups in total. The fourth-order valence-corrected chi connectivity index (χ4v) is 4.74. The number of aliphatic imine (C=N–C) groups is 1. The summed E-state index contributed by atoms with van der Waals surface area (Å²) in [4.78, 5) is 7.31. The number of hydrogen-bond acceptors (Lipinski definition) is 3. The van der Waals surface area contributed by atoms with Crippen molar-refractivity contribution in [1.82, 2.24) is 10.2 Å². The van der Waals surface area contributed by atoms with Gasteiger partial charge >= 0.3 is 0 Å². The number of amidine groups is 1. The van der Waals surface area contributed by atoms with Crippen LogP contribution in [0.5, 0.6) is 0 Å². The molecule has 3 aliphatic heterocycles. The molecule has 2 bridgehead atoms. The minimum Gasteiger partial charge on any atom is -0.362 e. The number of halogens is 2. The number of nitrogens with one attached hydrogen (secondary N) is 1. The first-order chi connectivity index (χ1) is 10.0. The van der Waals surface area contributed by atoms with Crippen LogP contribution in [-0.4, -0.2) is 42.0 Å². The Morgan fingerprint density at radius 1 is 1.14 bits per heavy atom. The highest BCUT2D eigenvalue weighted by molar-refractivity contribution is 6.35. The molecule has 3 nitrogen and oxygen atoms in total. The van der Waals surface area contributed by atoms with Crippen LogP contribution in [0.15, 0.2) is 23.2 Å². The smallest absolute Gasteiger partial charge is 0.128 e. The Labute approximate surface area is 135 Å². The van der Waals surface area contributed by atoms with Crippen LogP contribution in [0.2, 0.25) is 10.0 Å². The summed E-state index contributed by atoms with van der Waals surface area (Å²) in [5.41, 5.74) is 1.14. The zero-order valence-corrected chi connectivity index (χ0v) is 13.6. The zero-order chi connectivity index (χ0) is 14.6. The number of fused-ring (bicyclic) bond motifs is 2. The molecule has 4 rings (SSSR count). The van der Waals surface area contributed by atoms with Gasteiger partial charge in [-0.3, -0.25) is 4.99 Å². The number of rotatable bonds is 1. The maximum Gasteiger partial charge on any atom is 0.128 e. The highest BCUT2D eigenvalue weighted by Gasteiger charge is 2.48. The lowest BCUT2D eigenvalue weighted by atomic mass is 9.83. The molecular weight excluding hydrogens is 305 g/mol. The summed E-state index contributed by atoms with van der Waals surface area (Å²) in [6, 6.07) is 7.03. The number of benzene rings is 1. The van der Waals surface area contributed by atoms with E-state index in [1.54, 1.807) is 6.07 Å². The van der Waals surface area contributed by atoms with Crippen LogP contribution < -0.4 is 5.32 Å². The molecule has 1 spiro atoms. The van der Waals surface area contributed by atoms with E-state index >= 15 is 0 Å². The van der Waals surface area contributed by atoms with E-state index < -0.39 is 0 Å². The van der Waals surface area contributed by atoms with Crippen LogP contribution in [-0.2, 0) is 0 Å². The van der Waals surface area contributed by atoms with E-state index in [9.17, 15) is 0 Å². The summed E-state index contributed by atoms with van der Waals surface area (Å²) in [6.45, 7) is 0.868. The van der Waals surface area contributed by atoms with Crippen molar-refractivity contribution in [1.29, 1.82) is 0 Å². The summed E-state index contributed by atoms with van der Waals surface area (Å²) in [5, 5.41) is 5.02. The Morgan fingerprint density at radius 2 is 1.76 bits per heavy atom. The maximum atomic E-state index is 6.11. The molecule has 2 fully saturated rings. The van der Waals surface area contributed by atoms with E-state index in [0.29, 0.717) is 22.1 Å². The van der Waals surface area contributed by atoms with Crippen LogP contribution in [0.1, 0.15) is 31.2 Å². The molecule has 0 radical (unpaired) electrons. The van der Waals surface area contributed by atoms with E-state index in [4.69, 9.17) is 28.2 Å². The van der Waals surface area contributed by atoms with Crippen LogP contribution >= 0.6 is 23.2 Å². The van der Waals surface area contributed by atoms with Crippen molar-refractivity contribution in [3.8, 4) is 0 Å². The first-order valence-corrected chi connectivity index (χ1v) is 8.31. The molecule has 0 aliphatic carbocycles. The second-order valence-corrected chi connectivity index (χ2v) is 7.56. The lowest BCUT2D eigenvalue weighted by molar-refractivity contribution is 0.111. The first kappa shape index (κ1) is 13.9. The van der Waals surface area contributed by atoms with Gasteiger partial charge in [0.05, 0.1) is 12.1 Å². The van der Waals surface area contributed by atoms with Crippen molar-refractivity contribution in [2.24, 2.45) is 4.99 Å². The van der Waals surface area contributed by atoms with Gasteiger partial charge in [-0.15, -0.1) is 0 Å². The van der Waals surface area contributed by atoms with E-state index in [-0.39, 0.29) is 5.54 Å². The van der Waals surface area contributed by atoms with E-state index in [2.05, 4.69) is 17.3 Å². The molecule has 3 heterocycles. The van der Waals surface area contributed by atoms with Gasteiger partial charge in [-0.05, 0) is 50.9 Å². The summed E-state index contributed by atoms with van der Waals surface area (Å²) < 4.78 is 0. The lowest BCUT2D eigenvalue weighted by Gasteiger charge is -2.43. The van der Waals surface area contributed by atoms with Gasteiger partial charge in [-0.2, -0.15) is 0 Å². The van der Waals surface area contributed by atoms with Crippen molar-refractivity contribution in [2.75, 3.05) is 13.6 Å². The van der Waals surface area contributed by atoms with Gasteiger partial charge in [0.15, 0.2) is 0 Å². The molecule has 5 heteroatoms. The van der Waals surface area contributed by atoms with Gasteiger partial charge in [0, 0.05) is 27.7 Å². The molecule has 0 aromatic heterocycles. The molecular formula is C16H19Cl2N3. The van der Waals surface area contributed by atoms with Crippen LogP contribution in [0.4, 0.5) is 0 Å². The Balaban J connectivity index is 1.57. The Bertz CT molecular complexity index is 579. The molecule has 1 aromatic carbocycles. The summed E-state index contributed by atoms with van der Waals surface area (Å²) in [5.74, 6) is 0.948. The summed E-state index contributed by atoms with van der Waals surface area (Å²) in [7, 11) is 2.27. The lowest BCUT2D eigenvalue weighted by Crippen LogP contribution is -2.57. The monoisotopic (exact) mass is 323 g/mol. The van der Waals surface area contributed by atoms with Crippen molar-refractivity contribution in [3.05, 3.63) is 33.8 Å². The second kappa shape index (κ2) is 4.87. The third kappa shape index (κ3) is 2.36. The molecule has 0 amide bonds. The number of piperidine rings is 1. The highest BCUT2D eigenvalue weighted by atomic mass is 35.5. The molecule has 1 aromatic rings. The van der Waals surface area contributed by atoms with Crippen LogP contribution in [0, 0.1) is 0 Å². The Hall–Kier alpha value is -0.770.